The summed E-state index contributed by atoms with van der Waals surface area (Å²) in [4.78, 5) is 14.0. The number of rotatable bonds is 5. The van der Waals surface area contributed by atoms with Crippen molar-refractivity contribution >= 4 is 5.91 Å². The highest BCUT2D eigenvalue weighted by molar-refractivity contribution is 5.76. The Kier molecular flexibility index (Phi) is 6.07. The number of ether oxygens (including phenoxy) is 2. The fourth-order valence-electron chi connectivity index (χ4n) is 2.65. The zero-order valence-corrected chi connectivity index (χ0v) is 11.9. The van der Waals surface area contributed by atoms with Gasteiger partial charge in [-0.05, 0) is 25.2 Å². The molecular formula is C14H26N2O3. The first-order valence-corrected chi connectivity index (χ1v) is 7.38. The molecule has 0 bridgehead atoms. The normalized spacial score (nSPS) is 25.2. The predicted octanol–water partition coefficient (Wildman–Crippen LogP) is 0.640. The number of carbonyl (C=O) groups excluding carboxylic acids is 1. The van der Waals surface area contributed by atoms with Crippen molar-refractivity contribution in [2.45, 2.75) is 31.7 Å². The van der Waals surface area contributed by atoms with Crippen LogP contribution in [0, 0.1) is 5.92 Å². The Morgan fingerprint density at radius 1 is 1.26 bits per heavy atom. The number of nitrogens with zero attached hydrogens (tertiary/aromatic N) is 1. The van der Waals surface area contributed by atoms with Gasteiger partial charge in [0, 0.05) is 45.8 Å². The van der Waals surface area contributed by atoms with E-state index in [2.05, 4.69) is 5.32 Å². The first-order chi connectivity index (χ1) is 9.25. The maximum atomic E-state index is 12.1. The lowest BCUT2D eigenvalue weighted by Crippen LogP contribution is -2.44. The molecule has 0 saturated carbocycles. The first-order valence-electron chi connectivity index (χ1n) is 7.38. The van der Waals surface area contributed by atoms with Crippen molar-refractivity contribution in [2.75, 3.05) is 46.6 Å². The zero-order valence-electron chi connectivity index (χ0n) is 11.9. The SMILES string of the molecule is CN(CCC1CCOCC1)C(=O)CC1COCCN1. The molecule has 19 heavy (non-hydrogen) atoms. The summed E-state index contributed by atoms with van der Waals surface area (Å²) in [5, 5.41) is 3.32. The lowest BCUT2D eigenvalue weighted by molar-refractivity contribution is -0.131. The molecule has 1 N–H and O–H groups in total. The van der Waals surface area contributed by atoms with Crippen LogP contribution in [0.25, 0.3) is 0 Å². The molecule has 0 radical (unpaired) electrons. The summed E-state index contributed by atoms with van der Waals surface area (Å²) < 4.78 is 10.7. The maximum absolute atomic E-state index is 12.1. The molecule has 1 atom stereocenters. The highest BCUT2D eigenvalue weighted by atomic mass is 16.5. The number of hydrogen-bond acceptors (Lipinski definition) is 4. The predicted molar refractivity (Wildman–Crippen MR) is 73.0 cm³/mol. The van der Waals surface area contributed by atoms with Gasteiger partial charge in [0.15, 0.2) is 0 Å². The van der Waals surface area contributed by atoms with E-state index in [1.807, 2.05) is 11.9 Å². The maximum Gasteiger partial charge on any atom is 0.223 e. The second-order valence-corrected chi connectivity index (χ2v) is 5.59. The minimum atomic E-state index is 0.187. The Morgan fingerprint density at radius 2 is 2.05 bits per heavy atom. The summed E-state index contributed by atoms with van der Waals surface area (Å²) in [5.41, 5.74) is 0. The van der Waals surface area contributed by atoms with E-state index in [-0.39, 0.29) is 11.9 Å². The number of nitrogens with one attached hydrogen (secondary N) is 1. The molecule has 2 saturated heterocycles. The molecule has 110 valence electrons. The van der Waals surface area contributed by atoms with Gasteiger partial charge in [-0.1, -0.05) is 0 Å². The molecule has 2 aliphatic rings. The van der Waals surface area contributed by atoms with Crippen molar-refractivity contribution < 1.29 is 14.3 Å². The van der Waals surface area contributed by atoms with Gasteiger partial charge in [0.1, 0.15) is 0 Å². The topological polar surface area (TPSA) is 50.8 Å². The molecule has 0 aromatic rings. The number of morpholine rings is 1. The average molecular weight is 270 g/mol. The van der Waals surface area contributed by atoms with Gasteiger partial charge in [-0.25, -0.2) is 0 Å². The molecule has 0 spiro atoms. The summed E-state index contributed by atoms with van der Waals surface area (Å²) in [6.45, 7) is 4.88. The minimum Gasteiger partial charge on any atom is -0.381 e. The smallest absolute Gasteiger partial charge is 0.223 e. The molecule has 5 heteroatoms. The molecule has 2 fully saturated rings. The Bertz CT molecular complexity index is 274. The molecular weight excluding hydrogens is 244 g/mol. The van der Waals surface area contributed by atoms with Gasteiger partial charge in [0.2, 0.25) is 5.91 Å². The first kappa shape index (κ1) is 14.8. The van der Waals surface area contributed by atoms with Crippen LogP contribution < -0.4 is 5.32 Å². The summed E-state index contributed by atoms with van der Waals surface area (Å²) in [7, 11) is 1.91. The third-order valence-corrected chi connectivity index (χ3v) is 4.06. The Balaban J connectivity index is 1.63. The van der Waals surface area contributed by atoms with E-state index < -0.39 is 0 Å². The average Bonchev–Trinajstić information content (AvgIpc) is 2.47. The fraction of sp³-hybridized carbons (Fsp3) is 0.929. The van der Waals surface area contributed by atoms with E-state index in [9.17, 15) is 4.79 Å². The van der Waals surface area contributed by atoms with Gasteiger partial charge < -0.3 is 19.7 Å². The number of hydrogen-bond donors (Lipinski definition) is 1. The van der Waals surface area contributed by atoms with Gasteiger partial charge >= 0.3 is 0 Å². The lowest BCUT2D eigenvalue weighted by Gasteiger charge is -2.27. The van der Waals surface area contributed by atoms with Crippen molar-refractivity contribution in [2.24, 2.45) is 5.92 Å². The Morgan fingerprint density at radius 3 is 2.74 bits per heavy atom. The molecule has 2 heterocycles. The molecule has 5 nitrogen and oxygen atoms in total. The van der Waals surface area contributed by atoms with Crippen molar-refractivity contribution in [3.05, 3.63) is 0 Å². The Hall–Kier alpha value is -0.650. The molecule has 0 aromatic heterocycles. The van der Waals surface area contributed by atoms with Gasteiger partial charge in [-0.15, -0.1) is 0 Å². The third kappa shape index (κ3) is 5.09. The van der Waals surface area contributed by atoms with Crippen LogP contribution in [-0.2, 0) is 14.3 Å². The van der Waals surface area contributed by atoms with Crippen LogP contribution >= 0.6 is 0 Å². The second-order valence-electron chi connectivity index (χ2n) is 5.59. The number of amides is 1. The standard InChI is InChI=1S/C14H26N2O3/c1-16(6-2-12-3-7-18-8-4-12)14(17)10-13-11-19-9-5-15-13/h12-13,15H,2-11H2,1H3. The van der Waals surface area contributed by atoms with Crippen molar-refractivity contribution in [1.29, 1.82) is 0 Å². The van der Waals surface area contributed by atoms with Crippen LogP contribution in [0.15, 0.2) is 0 Å². The van der Waals surface area contributed by atoms with E-state index in [0.717, 1.165) is 58.1 Å². The highest BCUT2D eigenvalue weighted by Gasteiger charge is 2.20. The van der Waals surface area contributed by atoms with Crippen LogP contribution in [0.5, 0.6) is 0 Å². The lowest BCUT2D eigenvalue weighted by atomic mass is 9.96. The fourth-order valence-corrected chi connectivity index (χ4v) is 2.65. The van der Waals surface area contributed by atoms with Crippen molar-refractivity contribution in [3.63, 3.8) is 0 Å². The quantitative estimate of drug-likeness (QED) is 0.796. The van der Waals surface area contributed by atoms with Crippen molar-refractivity contribution in [1.82, 2.24) is 10.2 Å². The van der Waals surface area contributed by atoms with E-state index >= 15 is 0 Å². The minimum absolute atomic E-state index is 0.187. The highest BCUT2D eigenvalue weighted by Crippen LogP contribution is 2.18. The van der Waals surface area contributed by atoms with E-state index in [4.69, 9.17) is 9.47 Å². The summed E-state index contributed by atoms with van der Waals surface area (Å²) >= 11 is 0. The Labute approximate surface area is 115 Å². The summed E-state index contributed by atoms with van der Waals surface area (Å²) in [6, 6.07) is 0.187. The molecule has 2 rings (SSSR count). The molecule has 1 unspecified atom stereocenters. The molecule has 2 aliphatic heterocycles. The third-order valence-electron chi connectivity index (χ3n) is 4.06. The van der Waals surface area contributed by atoms with Crippen LogP contribution in [0.4, 0.5) is 0 Å². The van der Waals surface area contributed by atoms with Crippen LogP contribution in [-0.4, -0.2) is 63.4 Å². The second kappa shape index (κ2) is 7.82. The van der Waals surface area contributed by atoms with E-state index in [1.165, 1.54) is 0 Å². The summed E-state index contributed by atoms with van der Waals surface area (Å²) in [5.74, 6) is 0.940. The molecule has 0 aromatic carbocycles. The van der Waals surface area contributed by atoms with Gasteiger partial charge in [0.05, 0.1) is 13.2 Å². The summed E-state index contributed by atoms with van der Waals surface area (Å²) in [6.07, 6.45) is 3.92. The van der Waals surface area contributed by atoms with Crippen molar-refractivity contribution in [3.8, 4) is 0 Å². The molecule has 0 aliphatic carbocycles. The largest absolute Gasteiger partial charge is 0.381 e. The monoisotopic (exact) mass is 270 g/mol. The zero-order chi connectivity index (χ0) is 13.5. The van der Waals surface area contributed by atoms with Crippen LogP contribution in [0.1, 0.15) is 25.7 Å². The number of carbonyl (C=O) groups is 1. The molecule has 1 amide bonds. The van der Waals surface area contributed by atoms with Gasteiger partial charge in [-0.3, -0.25) is 4.79 Å². The van der Waals surface area contributed by atoms with E-state index in [1.54, 1.807) is 0 Å². The van der Waals surface area contributed by atoms with Crippen LogP contribution in [0.2, 0.25) is 0 Å². The van der Waals surface area contributed by atoms with Gasteiger partial charge in [0.25, 0.3) is 0 Å². The van der Waals surface area contributed by atoms with E-state index in [0.29, 0.717) is 13.0 Å². The van der Waals surface area contributed by atoms with Crippen LogP contribution in [0.3, 0.4) is 0 Å². The van der Waals surface area contributed by atoms with Gasteiger partial charge in [-0.2, -0.15) is 0 Å².